The zero-order valence-electron chi connectivity index (χ0n) is 11.9. The van der Waals surface area contributed by atoms with Crippen LogP contribution in [0.15, 0.2) is 18.2 Å². The summed E-state index contributed by atoms with van der Waals surface area (Å²) in [4.78, 5) is 23.2. The van der Waals surface area contributed by atoms with Crippen LogP contribution in [-0.2, 0) is 9.59 Å². The minimum Gasteiger partial charge on any atom is -0.326 e. The van der Waals surface area contributed by atoms with Crippen LogP contribution in [0.2, 0.25) is 5.02 Å². The number of benzene rings is 1. The molecule has 0 aromatic heterocycles. The van der Waals surface area contributed by atoms with Gasteiger partial charge in [-0.1, -0.05) is 24.9 Å². The number of carbonyl (C=O) groups is 2. The van der Waals surface area contributed by atoms with Gasteiger partial charge in [0, 0.05) is 12.6 Å². The summed E-state index contributed by atoms with van der Waals surface area (Å²) in [6, 6.07) is 4.87. The first kappa shape index (κ1) is 16.5. The maximum absolute atomic E-state index is 12.1. The van der Waals surface area contributed by atoms with Gasteiger partial charge < -0.3 is 16.4 Å². The van der Waals surface area contributed by atoms with E-state index in [0.717, 1.165) is 6.42 Å². The van der Waals surface area contributed by atoms with Crippen molar-refractivity contribution in [3.8, 4) is 0 Å². The summed E-state index contributed by atoms with van der Waals surface area (Å²) in [5.41, 5.74) is 5.99. The fourth-order valence-corrected chi connectivity index (χ4v) is 1.96. The number of carbonyl (C=O) groups excluding carboxylic acids is 2. The lowest BCUT2D eigenvalue weighted by Crippen LogP contribution is -2.48. The fraction of sp³-hybridized carbons (Fsp3) is 0.429. The summed E-state index contributed by atoms with van der Waals surface area (Å²) in [5, 5.41) is 5.72. The first-order valence-electron chi connectivity index (χ1n) is 6.43. The number of hydrogen-bond donors (Lipinski definition) is 3. The van der Waals surface area contributed by atoms with Gasteiger partial charge in [0.2, 0.25) is 11.8 Å². The standard InChI is InChI=1S/C14H20ClN3O2/c1-4-7-14(3,16)13(20)18-12-8-10(17-9(2)19)5-6-11(12)15/h5-6,8H,4,7,16H2,1-3H3,(H,17,19)(H,18,20). The van der Waals surface area contributed by atoms with E-state index in [0.29, 0.717) is 22.8 Å². The normalized spacial score (nSPS) is 13.4. The molecular formula is C14H20ClN3O2. The molecule has 0 aliphatic heterocycles. The van der Waals surface area contributed by atoms with Crippen molar-refractivity contribution in [2.24, 2.45) is 5.73 Å². The molecule has 1 atom stereocenters. The van der Waals surface area contributed by atoms with Gasteiger partial charge in [-0.05, 0) is 31.5 Å². The molecule has 0 spiro atoms. The SMILES string of the molecule is CCCC(C)(N)C(=O)Nc1cc(NC(C)=O)ccc1Cl. The molecule has 0 saturated carbocycles. The highest BCUT2D eigenvalue weighted by Crippen LogP contribution is 2.26. The van der Waals surface area contributed by atoms with Crippen LogP contribution < -0.4 is 16.4 Å². The molecule has 5 nitrogen and oxygen atoms in total. The van der Waals surface area contributed by atoms with Gasteiger partial charge in [0.05, 0.1) is 16.2 Å². The third kappa shape index (κ3) is 4.51. The Morgan fingerprint density at radius 1 is 1.35 bits per heavy atom. The predicted molar refractivity (Wildman–Crippen MR) is 81.9 cm³/mol. The Labute approximate surface area is 123 Å². The zero-order chi connectivity index (χ0) is 15.3. The second kappa shape index (κ2) is 6.72. The Bertz CT molecular complexity index is 515. The average molecular weight is 298 g/mol. The lowest BCUT2D eigenvalue weighted by molar-refractivity contribution is -0.120. The van der Waals surface area contributed by atoms with Gasteiger partial charge in [-0.25, -0.2) is 0 Å². The number of nitrogens with two attached hydrogens (primary N) is 1. The summed E-state index contributed by atoms with van der Waals surface area (Å²) < 4.78 is 0. The molecule has 0 saturated heterocycles. The van der Waals surface area contributed by atoms with Gasteiger partial charge in [0.25, 0.3) is 0 Å². The van der Waals surface area contributed by atoms with Crippen molar-refractivity contribution < 1.29 is 9.59 Å². The maximum atomic E-state index is 12.1. The highest BCUT2D eigenvalue weighted by atomic mass is 35.5. The van der Waals surface area contributed by atoms with Crippen LogP contribution >= 0.6 is 11.6 Å². The lowest BCUT2D eigenvalue weighted by atomic mass is 9.96. The third-order valence-corrected chi connectivity index (χ3v) is 3.15. The van der Waals surface area contributed by atoms with Crippen molar-refractivity contribution in [3.05, 3.63) is 23.2 Å². The van der Waals surface area contributed by atoms with E-state index in [9.17, 15) is 9.59 Å². The summed E-state index contributed by atoms with van der Waals surface area (Å²) in [5.74, 6) is -0.500. The monoisotopic (exact) mass is 297 g/mol. The van der Waals surface area contributed by atoms with Gasteiger partial charge in [-0.2, -0.15) is 0 Å². The number of rotatable bonds is 5. The summed E-state index contributed by atoms with van der Waals surface area (Å²) >= 11 is 6.04. The molecule has 1 unspecified atom stereocenters. The minimum atomic E-state index is -0.956. The Balaban J connectivity index is 2.91. The second-order valence-corrected chi connectivity index (χ2v) is 5.40. The second-order valence-electron chi connectivity index (χ2n) is 5.00. The van der Waals surface area contributed by atoms with Crippen LogP contribution in [0.3, 0.4) is 0 Å². The Kier molecular flexibility index (Phi) is 5.53. The Morgan fingerprint density at radius 2 is 2.00 bits per heavy atom. The van der Waals surface area contributed by atoms with Crippen molar-refractivity contribution in [3.63, 3.8) is 0 Å². The van der Waals surface area contributed by atoms with E-state index in [2.05, 4.69) is 10.6 Å². The zero-order valence-corrected chi connectivity index (χ0v) is 12.7. The van der Waals surface area contributed by atoms with Crippen LogP contribution in [0, 0.1) is 0 Å². The molecule has 20 heavy (non-hydrogen) atoms. The van der Waals surface area contributed by atoms with E-state index in [4.69, 9.17) is 17.3 Å². The van der Waals surface area contributed by atoms with Crippen molar-refractivity contribution in [2.75, 3.05) is 10.6 Å². The molecule has 0 aliphatic rings. The summed E-state index contributed by atoms with van der Waals surface area (Å²) in [6.07, 6.45) is 1.38. The Hall–Kier alpha value is -1.59. The van der Waals surface area contributed by atoms with Crippen LogP contribution in [0.25, 0.3) is 0 Å². The molecular weight excluding hydrogens is 278 g/mol. The first-order valence-corrected chi connectivity index (χ1v) is 6.81. The lowest BCUT2D eigenvalue weighted by Gasteiger charge is -2.23. The van der Waals surface area contributed by atoms with E-state index < -0.39 is 5.54 Å². The number of nitrogens with one attached hydrogen (secondary N) is 2. The van der Waals surface area contributed by atoms with Crippen LogP contribution in [0.4, 0.5) is 11.4 Å². The molecule has 0 heterocycles. The highest BCUT2D eigenvalue weighted by molar-refractivity contribution is 6.34. The van der Waals surface area contributed by atoms with E-state index in [1.54, 1.807) is 25.1 Å². The minimum absolute atomic E-state index is 0.195. The van der Waals surface area contributed by atoms with Crippen LogP contribution in [0.1, 0.15) is 33.6 Å². The fourth-order valence-electron chi connectivity index (χ4n) is 1.80. The van der Waals surface area contributed by atoms with Gasteiger partial charge in [0.1, 0.15) is 0 Å². The first-order chi connectivity index (χ1) is 9.26. The molecule has 1 rings (SSSR count). The van der Waals surface area contributed by atoms with Gasteiger partial charge in [-0.15, -0.1) is 0 Å². The van der Waals surface area contributed by atoms with Crippen molar-refractivity contribution >= 4 is 34.8 Å². The van der Waals surface area contributed by atoms with Crippen molar-refractivity contribution in [1.29, 1.82) is 0 Å². The smallest absolute Gasteiger partial charge is 0.244 e. The van der Waals surface area contributed by atoms with Crippen molar-refractivity contribution in [2.45, 2.75) is 39.2 Å². The van der Waals surface area contributed by atoms with Gasteiger partial charge >= 0.3 is 0 Å². The molecule has 110 valence electrons. The van der Waals surface area contributed by atoms with Gasteiger partial charge in [0.15, 0.2) is 0 Å². The summed E-state index contributed by atoms with van der Waals surface area (Å²) in [6.45, 7) is 5.05. The molecule has 0 aliphatic carbocycles. The third-order valence-electron chi connectivity index (χ3n) is 2.82. The number of hydrogen-bond acceptors (Lipinski definition) is 3. The van der Waals surface area contributed by atoms with Crippen LogP contribution in [-0.4, -0.2) is 17.4 Å². The molecule has 0 fully saturated rings. The quantitative estimate of drug-likeness (QED) is 0.781. The van der Waals surface area contributed by atoms with Crippen LogP contribution in [0.5, 0.6) is 0 Å². The van der Waals surface area contributed by atoms with E-state index >= 15 is 0 Å². The number of amides is 2. The largest absolute Gasteiger partial charge is 0.326 e. The molecule has 1 aromatic rings. The highest BCUT2D eigenvalue weighted by Gasteiger charge is 2.27. The van der Waals surface area contributed by atoms with Gasteiger partial charge in [-0.3, -0.25) is 9.59 Å². The molecule has 0 bridgehead atoms. The summed E-state index contributed by atoms with van der Waals surface area (Å²) in [7, 11) is 0. The molecule has 2 amide bonds. The molecule has 1 aromatic carbocycles. The van der Waals surface area contributed by atoms with E-state index in [1.807, 2.05) is 6.92 Å². The molecule has 0 radical (unpaired) electrons. The number of halogens is 1. The Morgan fingerprint density at radius 3 is 2.55 bits per heavy atom. The molecule has 6 heteroatoms. The van der Waals surface area contributed by atoms with E-state index in [1.165, 1.54) is 6.92 Å². The predicted octanol–water partition coefficient (Wildman–Crippen LogP) is 2.75. The maximum Gasteiger partial charge on any atom is 0.244 e. The number of anilines is 2. The van der Waals surface area contributed by atoms with Crippen molar-refractivity contribution in [1.82, 2.24) is 0 Å². The topological polar surface area (TPSA) is 84.2 Å². The van der Waals surface area contributed by atoms with E-state index in [-0.39, 0.29) is 11.8 Å². The molecule has 4 N–H and O–H groups in total. The average Bonchev–Trinajstić information content (AvgIpc) is 2.32.